The minimum absolute atomic E-state index is 0.107. The van der Waals surface area contributed by atoms with Gasteiger partial charge in [0, 0.05) is 36.8 Å². The lowest BCUT2D eigenvalue weighted by Crippen LogP contribution is -2.50. The van der Waals surface area contributed by atoms with Crippen LogP contribution in [0.5, 0.6) is 0 Å². The minimum Gasteiger partial charge on any atom is -0.383 e. The molecule has 1 heterocycles. The molecule has 0 saturated carbocycles. The molecule has 0 spiro atoms. The number of benzene rings is 1. The molecule has 22 heavy (non-hydrogen) atoms. The van der Waals surface area contributed by atoms with Crippen LogP contribution in [0.2, 0.25) is 0 Å². The summed E-state index contributed by atoms with van der Waals surface area (Å²) in [7, 11) is 1.54. The lowest BCUT2D eigenvalue weighted by Gasteiger charge is -2.38. The van der Waals surface area contributed by atoms with Gasteiger partial charge in [-0.3, -0.25) is 4.79 Å². The molecule has 0 aliphatic carbocycles. The molecule has 1 saturated heterocycles. The van der Waals surface area contributed by atoms with E-state index in [2.05, 4.69) is 33.4 Å². The molecule has 1 aromatic carbocycles. The second-order valence-corrected chi connectivity index (χ2v) is 6.60. The molecule has 2 rings (SSSR count). The van der Waals surface area contributed by atoms with Crippen LogP contribution < -0.4 is 11.1 Å². The number of methoxy groups -OCH3 is 1. The summed E-state index contributed by atoms with van der Waals surface area (Å²) in [4.78, 5) is 12.1. The molecule has 5 nitrogen and oxygen atoms in total. The van der Waals surface area contributed by atoms with E-state index >= 15 is 0 Å². The van der Waals surface area contributed by atoms with Crippen molar-refractivity contribution in [2.45, 2.75) is 24.3 Å². The van der Waals surface area contributed by atoms with Gasteiger partial charge in [-0.2, -0.15) is 0 Å². The number of nitrogens with two attached hydrogens (primary N) is 1. The summed E-state index contributed by atoms with van der Waals surface area (Å²) >= 11 is 3.52. The molecule has 0 radical (unpaired) electrons. The third-order valence-corrected chi connectivity index (χ3v) is 4.66. The Morgan fingerprint density at radius 1 is 1.50 bits per heavy atom. The Kier molecular flexibility index (Phi) is 6.37. The zero-order valence-electron chi connectivity index (χ0n) is 12.8. The fourth-order valence-corrected chi connectivity index (χ4v) is 3.19. The van der Waals surface area contributed by atoms with Crippen LogP contribution in [-0.2, 0) is 19.7 Å². The number of amides is 1. The molecule has 3 N–H and O–H groups in total. The second kappa shape index (κ2) is 8.06. The van der Waals surface area contributed by atoms with Crippen LogP contribution in [0.1, 0.15) is 18.4 Å². The van der Waals surface area contributed by atoms with Crippen molar-refractivity contribution in [2.75, 3.05) is 33.5 Å². The number of hydrogen-bond donors (Lipinski definition) is 2. The summed E-state index contributed by atoms with van der Waals surface area (Å²) < 4.78 is 11.5. The Bertz CT molecular complexity index is 504. The third kappa shape index (κ3) is 4.29. The van der Waals surface area contributed by atoms with Crippen LogP contribution in [0.25, 0.3) is 0 Å². The van der Waals surface area contributed by atoms with Gasteiger partial charge in [0.05, 0.1) is 6.61 Å². The molecule has 1 amide bonds. The SMILES string of the molecule is COCC(N)C(=O)NCC1(c2cccc(Br)c2)CCOCC1. The molecule has 1 aliphatic rings. The Balaban J connectivity index is 2.11. The number of nitrogens with one attached hydrogen (secondary N) is 1. The van der Waals surface area contributed by atoms with Crippen molar-refractivity contribution in [1.29, 1.82) is 0 Å². The Hall–Kier alpha value is -0.950. The zero-order valence-corrected chi connectivity index (χ0v) is 14.4. The Labute approximate surface area is 139 Å². The van der Waals surface area contributed by atoms with Crippen molar-refractivity contribution < 1.29 is 14.3 Å². The van der Waals surface area contributed by atoms with Gasteiger partial charge in [-0.15, -0.1) is 0 Å². The maximum atomic E-state index is 12.1. The van der Waals surface area contributed by atoms with E-state index in [9.17, 15) is 4.79 Å². The first-order valence-electron chi connectivity index (χ1n) is 7.43. The molecule has 1 aromatic rings. The van der Waals surface area contributed by atoms with Gasteiger partial charge < -0.3 is 20.5 Å². The summed E-state index contributed by atoms with van der Waals surface area (Å²) in [6.07, 6.45) is 1.76. The summed E-state index contributed by atoms with van der Waals surface area (Å²) in [5.74, 6) is -0.178. The van der Waals surface area contributed by atoms with Gasteiger partial charge in [0.1, 0.15) is 6.04 Å². The number of carbonyl (C=O) groups is 1. The monoisotopic (exact) mass is 370 g/mol. The molecule has 1 aliphatic heterocycles. The molecule has 0 aromatic heterocycles. The van der Waals surface area contributed by atoms with Gasteiger partial charge in [0.2, 0.25) is 5.91 Å². The first-order valence-corrected chi connectivity index (χ1v) is 8.23. The van der Waals surface area contributed by atoms with Crippen molar-refractivity contribution in [1.82, 2.24) is 5.32 Å². The molecular weight excluding hydrogens is 348 g/mol. The molecule has 1 atom stereocenters. The van der Waals surface area contributed by atoms with E-state index in [1.54, 1.807) is 0 Å². The van der Waals surface area contributed by atoms with Crippen molar-refractivity contribution >= 4 is 21.8 Å². The molecule has 1 unspecified atom stereocenters. The van der Waals surface area contributed by atoms with Crippen molar-refractivity contribution in [3.8, 4) is 0 Å². The van der Waals surface area contributed by atoms with Gasteiger partial charge in [0.25, 0.3) is 0 Å². The Morgan fingerprint density at radius 3 is 2.86 bits per heavy atom. The van der Waals surface area contributed by atoms with Gasteiger partial charge in [-0.1, -0.05) is 28.1 Å². The summed E-state index contributed by atoms with van der Waals surface area (Å²) in [5, 5.41) is 2.98. The average Bonchev–Trinajstić information content (AvgIpc) is 2.53. The smallest absolute Gasteiger partial charge is 0.239 e. The van der Waals surface area contributed by atoms with Gasteiger partial charge >= 0.3 is 0 Å². The van der Waals surface area contributed by atoms with Crippen LogP contribution in [0.15, 0.2) is 28.7 Å². The molecular formula is C16H23BrN2O3. The lowest BCUT2D eigenvalue weighted by atomic mass is 9.74. The van der Waals surface area contributed by atoms with E-state index in [4.69, 9.17) is 15.2 Å². The highest BCUT2D eigenvalue weighted by atomic mass is 79.9. The first-order chi connectivity index (χ1) is 10.6. The van der Waals surface area contributed by atoms with Crippen molar-refractivity contribution in [3.63, 3.8) is 0 Å². The van der Waals surface area contributed by atoms with Crippen LogP contribution in [-0.4, -0.2) is 45.4 Å². The van der Waals surface area contributed by atoms with E-state index in [-0.39, 0.29) is 17.9 Å². The predicted octanol–water partition coefficient (Wildman–Crippen LogP) is 1.59. The fourth-order valence-electron chi connectivity index (χ4n) is 2.79. The van der Waals surface area contributed by atoms with E-state index in [1.807, 2.05) is 12.1 Å². The van der Waals surface area contributed by atoms with Crippen LogP contribution in [0.4, 0.5) is 0 Å². The number of rotatable bonds is 6. The summed E-state index contributed by atoms with van der Waals surface area (Å²) in [6.45, 7) is 2.18. The Morgan fingerprint density at radius 2 is 2.23 bits per heavy atom. The van der Waals surface area contributed by atoms with Gasteiger partial charge in [-0.05, 0) is 30.5 Å². The maximum Gasteiger partial charge on any atom is 0.239 e. The first kappa shape index (κ1) is 17.4. The molecule has 6 heteroatoms. The highest BCUT2D eigenvalue weighted by Crippen LogP contribution is 2.35. The zero-order chi connectivity index (χ0) is 16.0. The number of ether oxygens (including phenoxy) is 2. The number of halogens is 1. The third-order valence-electron chi connectivity index (χ3n) is 4.17. The number of hydrogen-bond acceptors (Lipinski definition) is 4. The maximum absolute atomic E-state index is 12.1. The fraction of sp³-hybridized carbons (Fsp3) is 0.562. The minimum atomic E-state index is -0.635. The lowest BCUT2D eigenvalue weighted by molar-refractivity contribution is -0.124. The van der Waals surface area contributed by atoms with Crippen molar-refractivity contribution in [2.24, 2.45) is 5.73 Å². The highest BCUT2D eigenvalue weighted by molar-refractivity contribution is 9.10. The quantitative estimate of drug-likeness (QED) is 0.797. The molecule has 0 bridgehead atoms. The van der Waals surface area contributed by atoms with Crippen LogP contribution in [0, 0.1) is 0 Å². The largest absolute Gasteiger partial charge is 0.383 e. The predicted molar refractivity (Wildman–Crippen MR) is 88.7 cm³/mol. The van der Waals surface area contributed by atoms with Crippen LogP contribution in [0.3, 0.4) is 0 Å². The van der Waals surface area contributed by atoms with E-state index in [0.717, 1.165) is 17.3 Å². The van der Waals surface area contributed by atoms with E-state index in [1.165, 1.54) is 12.7 Å². The summed E-state index contributed by atoms with van der Waals surface area (Å²) in [6, 6.07) is 7.62. The topological polar surface area (TPSA) is 73.6 Å². The second-order valence-electron chi connectivity index (χ2n) is 5.68. The summed E-state index contributed by atoms with van der Waals surface area (Å²) in [5.41, 5.74) is 6.89. The normalized spacial score (nSPS) is 18.7. The van der Waals surface area contributed by atoms with Gasteiger partial charge in [-0.25, -0.2) is 0 Å². The number of carbonyl (C=O) groups excluding carboxylic acids is 1. The highest BCUT2D eigenvalue weighted by Gasteiger charge is 2.35. The molecule has 1 fully saturated rings. The standard InChI is InChI=1S/C16H23BrN2O3/c1-21-10-14(18)15(20)19-11-16(5-7-22-8-6-16)12-3-2-4-13(17)9-12/h2-4,9,14H,5-8,10-11,18H2,1H3,(H,19,20). The average molecular weight is 371 g/mol. The van der Waals surface area contributed by atoms with Crippen LogP contribution >= 0.6 is 15.9 Å². The van der Waals surface area contributed by atoms with Gasteiger partial charge in [0.15, 0.2) is 0 Å². The van der Waals surface area contributed by atoms with E-state index in [0.29, 0.717) is 19.8 Å². The molecule has 122 valence electrons. The van der Waals surface area contributed by atoms with E-state index < -0.39 is 6.04 Å². The van der Waals surface area contributed by atoms with Crippen molar-refractivity contribution in [3.05, 3.63) is 34.3 Å².